The largest absolute Gasteiger partial charge is 0.494 e. The highest BCUT2D eigenvalue weighted by Gasteiger charge is 2.20. The summed E-state index contributed by atoms with van der Waals surface area (Å²) < 4.78 is 35.7. The molecule has 2 aromatic rings. The minimum absolute atomic E-state index is 0.135. The lowest BCUT2D eigenvalue weighted by Gasteiger charge is -2.13. The van der Waals surface area contributed by atoms with E-state index >= 15 is 0 Å². The van der Waals surface area contributed by atoms with Gasteiger partial charge in [0.2, 0.25) is 0 Å². The first kappa shape index (κ1) is 16.4. The smallest absolute Gasteiger partial charge is 0.338 e. The fourth-order valence-corrected chi connectivity index (χ4v) is 2.08. The first-order valence-electron chi connectivity index (χ1n) is 6.46. The number of rotatable bonds is 4. The second kappa shape index (κ2) is 6.83. The van der Waals surface area contributed by atoms with E-state index in [0.717, 1.165) is 12.3 Å². The molecule has 1 aromatic carbocycles. The van der Waals surface area contributed by atoms with Crippen molar-refractivity contribution in [1.29, 1.82) is 5.26 Å². The van der Waals surface area contributed by atoms with Gasteiger partial charge in [-0.05, 0) is 24.3 Å². The van der Waals surface area contributed by atoms with Crippen LogP contribution in [0.4, 0.5) is 8.78 Å². The number of hydrogen-bond acceptors (Lipinski definition) is 5. The summed E-state index contributed by atoms with van der Waals surface area (Å²) in [6, 6.07) is 7.33. The van der Waals surface area contributed by atoms with Crippen LogP contribution in [-0.4, -0.2) is 25.2 Å². The van der Waals surface area contributed by atoms with Gasteiger partial charge in [0.15, 0.2) is 0 Å². The Hall–Kier alpha value is -3.01. The van der Waals surface area contributed by atoms with Crippen LogP contribution >= 0.6 is 0 Å². The number of alkyl halides is 2. The molecule has 0 N–H and O–H groups in total. The Balaban J connectivity index is 2.75. The van der Waals surface area contributed by atoms with Gasteiger partial charge in [-0.3, -0.25) is 4.98 Å². The highest BCUT2D eigenvalue weighted by molar-refractivity contribution is 5.98. The van der Waals surface area contributed by atoms with E-state index in [1.54, 1.807) is 0 Å². The van der Waals surface area contributed by atoms with Crippen LogP contribution in [0.2, 0.25) is 0 Å². The topological polar surface area (TPSA) is 72.2 Å². The van der Waals surface area contributed by atoms with E-state index in [4.69, 9.17) is 14.7 Å². The molecule has 2 rings (SSSR count). The zero-order valence-electron chi connectivity index (χ0n) is 12.3. The molecule has 0 aliphatic carbocycles. The molecule has 7 heteroatoms. The van der Waals surface area contributed by atoms with Crippen molar-refractivity contribution in [3.63, 3.8) is 0 Å². The van der Waals surface area contributed by atoms with Crippen LogP contribution in [0.3, 0.4) is 0 Å². The number of carbonyl (C=O) groups is 1. The Labute approximate surface area is 131 Å². The van der Waals surface area contributed by atoms with Crippen LogP contribution in [0.5, 0.6) is 5.75 Å². The molecular weight excluding hydrogens is 306 g/mol. The van der Waals surface area contributed by atoms with E-state index in [9.17, 15) is 13.6 Å². The monoisotopic (exact) mass is 318 g/mol. The lowest BCUT2D eigenvalue weighted by Crippen LogP contribution is -2.05. The molecule has 0 aliphatic rings. The third kappa shape index (κ3) is 3.26. The van der Waals surface area contributed by atoms with Gasteiger partial charge < -0.3 is 9.47 Å². The maximum atomic E-state index is 12.9. The molecule has 23 heavy (non-hydrogen) atoms. The SMILES string of the molecule is COC(=O)c1ccc(C#N)cc1-c1cc(C(F)F)ncc1OC. The van der Waals surface area contributed by atoms with Crippen LogP contribution in [0.25, 0.3) is 11.1 Å². The third-order valence-corrected chi connectivity index (χ3v) is 3.18. The second-order valence-corrected chi connectivity index (χ2v) is 4.47. The van der Waals surface area contributed by atoms with Crippen molar-refractivity contribution in [3.8, 4) is 22.9 Å². The molecule has 0 amide bonds. The van der Waals surface area contributed by atoms with Gasteiger partial charge in [0.1, 0.15) is 11.4 Å². The van der Waals surface area contributed by atoms with E-state index in [-0.39, 0.29) is 28.0 Å². The fraction of sp³-hybridized carbons (Fsp3) is 0.188. The molecule has 0 spiro atoms. The number of benzene rings is 1. The van der Waals surface area contributed by atoms with Crippen molar-refractivity contribution in [2.75, 3.05) is 14.2 Å². The minimum atomic E-state index is -2.78. The van der Waals surface area contributed by atoms with Crippen molar-refractivity contribution < 1.29 is 23.0 Å². The summed E-state index contributed by atoms with van der Waals surface area (Å²) in [5.74, 6) is -0.448. The standard InChI is InChI=1S/C16H12F2N2O3/c1-22-14-8-20-13(15(17)18)6-12(14)11-5-9(7-19)3-4-10(11)16(21)23-2/h3-6,8,15H,1-2H3. The summed E-state index contributed by atoms with van der Waals surface area (Å²) in [4.78, 5) is 15.5. The Morgan fingerprint density at radius 2 is 2.00 bits per heavy atom. The molecule has 0 unspecified atom stereocenters. The molecular formula is C16H12F2N2O3. The van der Waals surface area contributed by atoms with E-state index in [0.29, 0.717) is 0 Å². The van der Waals surface area contributed by atoms with E-state index in [1.807, 2.05) is 6.07 Å². The highest BCUT2D eigenvalue weighted by Crippen LogP contribution is 2.35. The number of nitriles is 1. The summed E-state index contributed by atoms with van der Waals surface area (Å²) >= 11 is 0. The average Bonchev–Trinajstić information content (AvgIpc) is 2.59. The number of esters is 1. The summed E-state index contributed by atoms with van der Waals surface area (Å²) in [5.41, 5.74) is 0.438. The lowest BCUT2D eigenvalue weighted by atomic mass is 9.97. The van der Waals surface area contributed by atoms with Gasteiger partial charge in [0.05, 0.1) is 37.6 Å². The maximum absolute atomic E-state index is 12.9. The average molecular weight is 318 g/mol. The summed E-state index contributed by atoms with van der Waals surface area (Å²) in [6.07, 6.45) is -1.63. The molecule has 0 atom stereocenters. The van der Waals surface area contributed by atoms with Crippen LogP contribution in [-0.2, 0) is 4.74 Å². The van der Waals surface area contributed by atoms with Crippen molar-refractivity contribution in [1.82, 2.24) is 4.98 Å². The number of hydrogen-bond donors (Lipinski definition) is 0. The number of nitrogens with zero attached hydrogens (tertiary/aromatic N) is 2. The molecule has 5 nitrogen and oxygen atoms in total. The third-order valence-electron chi connectivity index (χ3n) is 3.18. The zero-order valence-corrected chi connectivity index (χ0v) is 12.3. The first-order valence-corrected chi connectivity index (χ1v) is 6.46. The maximum Gasteiger partial charge on any atom is 0.338 e. The summed E-state index contributed by atoms with van der Waals surface area (Å²) in [5, 5.41) is 9.04. The van der Waals surface area contributed by atoms with Crippen molar-refractivity contribution in [2.24, 2.45) is 0 Å². The molecule has 0 saturated heterocycles. The van der Waals surface area contributed by atoms with Crippen molar-refractivity contribution in [3.05, 3.63) is 47.3 Å². The van der Waals surface area contributed by atoms with Gasteiger partial charge in [-0.25, -0.2) is 13.6 Å². The molecule has 1 heterocycles. The molecule has 1 aromatic heterocycles. The zero-order chi connectivity index (χ0) is 17.0. The number of pyridine rings is 1. The van der Waals surface area contributed by atoms with Gasteiger partial charge in [-0.1, -0.05) is 0 Å². The Morgan fingerprint density at radius 3 is 2.57 bits per heavy atom. The quantitative estimate of drug-likeness (QED) is 0.808. The Bertz CT molecular complexity index is 785. The number of methoxy groups -OCH3 is 2. The van der Waals surface area contributed by atoms with E-state index in [2.05, 4.69) is 4.98 Å². The van der Waals surface area contributed by atoms with Crippen LogP contribution in [0, 0.1) is 11.3 Å². The molecule has 0 fully saturated rings. The molecule has 0 aliphatic heterocycles. The number of carbonyl (C=O) groups excluding carboxylic acids is 1. The Kier molecular flexibility index (Phi) is 4.86. The minimum Gasteiger partial charge on any atom is -0.494 e. The van der Waals surface area contributed by atoms with Gasteiger partial charge in [0, 0.05) is 11.1 Å². The van der Waals surface area contributed by atoms with Gasteiger partial charge in [-0.2, -0.15) is 5.26 Å². The Morgan fingerprint density at radius 1 is 1.26 bits per heavy atom. The number of halogens is 2. The molecule has 0 radical (unpaired) electrons. The van der Waals surface area contributed by atoms with Crippen molar-refractivity contribution in [2.45, 2.75) is 6.43 Å². The fourth-order valence-electron chi connectivity index (χ4n) is 2.08. The molecule has 118 valence electrons. The number of ether oxygens (including phenoxy) is 2. The number of aromatic nitrogens is 1. The van der Waals surface area contributed by atoms with Crippen LogP contribution in [0.15, 0.2) is 30.5 Å². The van der Waals surface area contributed by atoms with Crippen molar-refractivity contribution >= 4 is 5.97 Å². The van der Waals surface area contributed by atoms with Gasteiger partial charge >= 0.3 is 5.97 Å². The summed E-state index contributed by atoms with van der Waals surface area (Å²) in [7, 11) is 2.56. The van der Waals surface area contributed by atoms with Crippen LogP contribution < -0.4 is 4.74 Å². The first-order chi connectivity index (χ1) is 11.0. The predicted molar refractivity (Wildman–Crippen MR) is 77.2 cm³/mol. The predicted octanol–water partition coefficient (Wildman–Crippen LogP) is 3.35. The summed E-state index contributed by atoms with van der Waals surface area (Å²) in [6.45, 7) is 0. The lowest BCUT2D eigenvalue weighted by molar-refractivity contribution is 0.0601. The van der Waals surface area contributed by atoms with E-state index < -0.39 is 18.1 Å². The van der Waals surface area contributed by atoms with Gasteiger partial charge in [-0.15, -0.1) is 0 Å². The molecule has 0 bridgehead atoms. The van der Waals surface area contributed by atoms with E-state index in [1.165, 1.54) is 32.4 Å². The highest BCUT2D eigenvalue weighted by atomic mass is 19.3. The molecule has 0 saturated carbocycles. The second-order valence-electron chi connectivity index (χ2n) is 4.47. The van der Waals surface area contributed by atoms with Gasteiger partial charge in [0.25, 0.3) is 6.43 Å². The normalized spacial score (nSPS) is 10.3. The van der Waals surface area contributed by atoms with Crippen LogP contribution in [0.1, 0.15) is 28.0 Å².